The SMILES string of the molecule is CCC(O)CNC(=O)Cc1cccc2ccccc12. The van der Waals surface area contributed by atoms with Crippen LogP contribution in [0.5, 0.6) is 0 Å². The molecular weight excluding hydrogens is 238 g/mol. The average Bonchev–Trinajstić information content (AvgIpc) is 2.45. The summed E-state index contributed by atoms with van der Waals surface area (Å²) >= 11 is 0. The third kappa shape index (κ3) is 3.55. The van der Waals surface area contributed by atoms with Crippen LogP contribution in [-0.2, 0) is 11.2 Å². The number of hydrogen-bond acceptors (Lipinski definition) is 2. The Morgan fingerprint density at radius 2 is 1.95 bits per heavy atom. The highest BCUT2D eigenvalue weighted by Gasteiger charge is 2.08. The number of aliphatic hydroxyl groups is 1. The topological polar surface area (TPSA) is 49.3 Å². The molecular formula is C16H19NO2. The van der Waals surface area contributed by atoms with E-state index in [4.69, 9.17) is 0 Å². The zero-order valence-electron chi connectivity index (χ0n) is 11.1. The van der Waals surface area contributed by atoms with Crippen LogP contribution in [0.25, 0.3) is 10.8 Å². The van der Waals surface area contributed by atoms with E-state index < -0.39 is 6.10 Å². The van der Waals surface area contributed by atoms with Crippen molar-refractivity contribution in [3.8, 4) is 0 Å². The standard InChI is InChI=1S/C16H19NO2/c1-2-14(18)11-17-16(19)10-13-8-5-7-12-6-3-4-9-15(12)13/h3-9,14,18H,2,10-11H2,1H3,(H,17,19). The molecule has 19 heavy (non-hydrogen) atoms. The molecule has 0 bridgehead atoms. The second kappa shape index (κ2) is 6.34. The molecule has 2 aromatic carbocycles. The van der Waals surface area contributed by atoms with Crippen molar-refractivity contribution in [1.82, 2.24) is 5.32 Å². The number of benzene rings is 2. The number of fused-ring (bicyclic) bond motifs is 1. The van der Waals surface area contributed by atoms with Crippen LogP contribution in [0.1, 0.15) is 18.9 Å². The summed E-state index contributed by atoms with van der Waals surface area (Å²) in [7, 11) is 0. The van der Waals surface area contributed by atoms with E-state index in [1.54, 1.807) is 0 Å². The molecule has 0 saturated carbocycles. The Kier molecular flexibility index (Phi) is 4.53. The summed E-state index contributed by atoms with van der Waals surface area (Å²) in [4.78, 5) is 11.9. The molecule has 100 valence electrons. The number of hydrogen-bond donors (Lipinski definition) is 2. The zero-order chi connectivity index (χ0) is 13.7. The Morgan fingerprint density at radius 1 is 1.21 bits per heavy atom. The highest BCUT2D eigenvalue weighted by atomic mass is 16.3. The van der Waals surface area contributed by atoms with E-state index in [0.29, 0.717) is 19.4 Å². The van der Waals surface area contributed by atoms with Gasteiger partial charge in [-0.05, 0) is 22.8 Å². The van der Waals surface area contributed by atoms with Crippen LogP contribution in [-0.4, -0.2) is 23.7 Å². The molecule has 0 heterocycles. The molecule has 0 aromatic heterocycles. The quantitative estimate of drug-likeness (QED) is 0.863. The van der Waals surface area contributed by atoms with Gasteiger partial charge in [-0.3, -0.25) is 4.79 Å². The second-order valence-corrected chi connectivity index (χ2v) is 4.68. The first kappa shape index (κ1) is 13.6. The lowest BCUT2D eigenvalue weighted by molar-refractivity contribution is -0.120. The van der Waals surface area contributed by atoms with E-state index in [0.717, 1.165) is 16.3 Å². The van der Waals surface area contributed by atoms with Gasteiger partial charge in [0.05, 0.1) is 12.5 Å². The van der Waals surface area contributed by atoms with Gasteiger partial charge in [-0.2, -0.15) is 0 Å². The van der Waals surface area contributed by atoms with E-state index in [-0.39, 0.29) is 5.91 Å². The normalized spacial score (nSPS) is 12.3. The monoisotopic (exact) mass is 257 g/mol. The fourth-order valence-electron chi connectivity index (χ4n) is 2.06. The highest BCUT2D eigenvalue weighted by Crippen LogP contribution is 2.18. The number of nitrogens with one attached hydrogen (secondary N) is 1. The van der Waals surface area contributed by atoms with Crippen molar-refractivity contribution >= 4 is 16.7 Å². The molecule has 0 fully saturated rings. The summed E-state index contributed by atoms with van der Waals surface area (Å²) in [6, 6.07) is 14.0. The van der Waals surface area contributed by atoms with Gasteiger partial charge in [0.1, 0.15) is 0 Å². The Labute approximate surface area is 113 Å². The van der Waals surface area contributed by atoms with Gasteiger partial charge in [-0.15, -0.1) is 0 Å². The van der Waals surface area contributed by atoms with Crippen LogP contribution in [0.3, 0.4) is 0 Å². The fraction of sp³-hybridized carbons (Fsp3) is 0.312. The molecule has 1 atom stereocenters. The van der Waals surface area contributed by atoms with E-state index in [9.17, 15) is 9.90 Å². The first-order valence-electron chi connectivity index (χ1n) is 6.62. The number of aliphatic hydroxyl groups excluding tert-OH is 1. The van der Waals surface area contributed by atoms with Crippen LogP contribution in [0, 0.1) is 0 Å². The van der Waals surface area contributed by atoms with Gasteiger partial charge in [0.2, 0.25) is 5.91 Å². The Balaban J connectivity index is 2.07. The molecule has 0 saturated heterocycles. The maximum Gasteiger partial charge on any atom is 0.224 e. The van der Waals surface area contributed by atoms with Gasteiger partial charge in [0.15, 0.2) is 0 Å². The van der Waals surface area contributed by atoms with Gasteiger partial charge >= 0.3 is 0 Å². The maximum atomic E-state index is 11.9. The summed E-state index contributed by atoms with van der Waals surface area (Å²) in [5.41, 5.74) is 1.02. The third-order valence-corrected chi connectivity index (χ3v) is 3.24. The number of carbonyl (C=O) groups excluding carboxylic acids is 1. The maximum absolute atomic E-state index is 11.9. The van der Waals surface area contributed by atoms with Gasteiger partial charge < -0.3 is 10.4 Å². The van der Waals surface area contributed by atoms with Crippen molar-refractivity contribution in [2.45, 2.75) is 25.9 Å². The zero-order valence-corrected chi connectivity index (χ0v) is 11.1. The lowest BCUT2D eigenvalue weighted by Crippen LogP contribution is -2.32. The Hall–Kier alpha value is -1.87. The summed E-state index contributed by atoms with van der Waals surface area (Å²) < 4.78 is 0. The Morgan fingerprint density at radius 3 is 2.74 bits per heavy atom. The minimum Gasteiger partial charge on any atom is -0.391 e. The molecule has 2 aromatic rings. The third-order valence-electron chi connectivity index (χ3n) is 3.24. The van der Waals surface area contributed by atoms with Crippen molar-refractivity contribution in [3.63, 3.8) is 0 Å². The highest BCUT2D eigenvalue weighted by molar-refractivity contribution is 5.90. The molecule has 2 N–H and O–H groups in total. The average molecular weight is 257 g/mol. The summed E-state index contributed by atoms with van der Waals surface area (Å²) in [6.45, 7) is 2.21. The molecule has 3 heteroatoms. The van der Waals surface area contributed by atoms with E-state index in [2.05, 4.69) is 5.32 Å². The molecule has 1 unspecified atom stereocenters. The fourth-order valence-corrected chi connectivity index (χ4v) is 2.06. The smallest absolute Gasteiger partial charge is 0.224 e. The van der Waals surface area contributed by atoms with Gasteiger partial charge in [-0.1, -0.05) is 49.4 Å². The van der Waals surface area contributed by atoms with Crippen molar-refractivity contribution in [3.05, 3.63) is 48.0 Å². The van der Waals surface area contributed by atoms with Crippen LogP contribution in [0.2, 0.25) is 0 Å². The molecule has 0 aliphatic rings. The van der Waals surface area contributed by atoms with E-state index in [1.807, 2.05) is 49.4 Å². The van der Waals surface area contributed by atoms with E-state index >= 15 is 0 Å². The Bertz CT molecular complexity index is 560. The first-order valence-corrected chi connectivity index (χ1v) is 6.62. The van der Waals surface area contributed by atoms with Crippen molar-refractivity contribution in [2.75, 3.05) is 6.54 Å². The summed E-state index contributed by atoms with van der Waals surface area (Å²) in [5, 5.41) is 14.4. The molecule has 0 radical (unpaired) electrons. The van der Waals surface area contributed by atoms with Crippen LogP contribution >= 0.6 is 0 Å². The molecule has 0 spiro atoms. The van der Waals surface area contributed by atoms with Crippen LogP contribution in [0.4, 0.5) is 0 Å². The molecule has 3 nitrogen and oxygen atoms in total. The summed E-state index contributed by atoms with van der Waals surface area (Å²) in [6.07, 6.45) is 0.531. The molecule has 2 rings (SSSR count). The lowest BCUT2D eigenvalue weighted by Gasteiger charge is -2.10. The minimum atomic E-state index is -0.462. The van der Waals surface area contributed by atoms with Crippen LogP contribution in [0.15, 0.2) is 42.5 Å². The predicted octanol–water partition coefficient (Wildman–Crippen LogP) is 2.27. The minimum absolute atomic E-state index is 0.0520. The predicted molar refractivity (Wildman–Crippen MR) is 77.0 cm³/mol. The van der Waals surface area contributed by atoms with E-state index in [1.165, 1.54) is 0 Å². The number of rotatable bonds is 5. The van der Waals surface area contributed by atoms with Crippen LogP contribution < -0.4 is 5.32 Å². The molecule has 0 aliphatic heterocycles. The van der Waals surface area contributed by atoms with Gasteiger partial charge in [0.25, 0.3) is 0 Å². The van der Waals surface area contributed by atoms with Crippen molar-refractivity contribution in [1.29, 1.82) is 0 Å². The number of amides is 1. The first-order chi connectivity index (χ1) is 9.20. The lowest BCUT2D eigenvalue weighted by atomic mass is 10.0. The van der Waals surface area contributed by atoms with Crippen molar-refractivity contribution in [2.24, 2.45) is 0 Å². The molecule has 1 amide bonds. The van der Waals surface area contributed by atoms with Gasteiger partial charge in [0, 0.05) is 6.54 Å². The largest absolute Gasteiger partial charge is 0.391 e. The second-order valence-electron chi connectivity index (χ2n) is 4.68. The van der Waals surface area contributed by atoms with Crippen molar-refractivity contribution < 1.29 is 9.90 Å². The molecule has 0 aliphatic carbocycles. The summed E-state index contributed by atoms with van der Waals surface area (Å²) in [5.74, 6) is -0.0520. The number of carbonyl (C=O) groups is 1. The van der Waals surface area contributed by atoms with Gasteiger partial charge in [-0.25, -0.2) is 0 Å².